The van der Waals surface area contributed by atoms with Crippen LogP contribution in [0.5, 0.6) is 0 Å². The predicted molar refractivity (Wildman–Crippen MR) is 72.5 cm³/mol. The Hall–Kier alpha value is -0.160. The third-order valence-corrected chi connectivity index (χ3v) is 3.58. The molecule has 0 aromatic rings. The summed E-state index contributed by atoms with van der Waals surface area (Å²) in [5.74, 6) is 0. The average Bonchev–Trinajstić information content (AvgIpc) is 2.47. The van der Waals surface area contributed by atoms with Gasteiger partial charge in [0.05, 0.1) is 6.61 Å². The monoisotopic (exact) mass is 243 g/mol. The predicted octanol–water partition coefficient (Wildman–Crippen LogP) is 0.637. The highest BCUT2D eigenvalue weighted by Crippen LogP contribution is 2.11. The second-order valence-electron chi connectivity index (χ2n) is 5.18. The van der Waals surface area contributed by atoms with Gasteiger partial charge >= 0.3 is 0 Å². The molecule has 1 saturated heterocycles. The van der Waals surface area contributed by atoms with Gasteiger partial charge in [0.2, 0.25) is 0 Å². The number of methoxy groups -OCH3 is 1. The zero-order valence-electron chi connectivity index (χ0n) is 11.9. The quantitative estimate of drug-likeness (QED) is 0.741. The van der Waals surface area contributed by atoms with E-state index in [2.05, 4.69) is 36.1 Å². The Morgan fingerprint density at radius 2 is 2.12 bits per heavy atom. The van der Waals surface area contributed by atoms with Gasteiger partial charge in [-0.2, -0.15) is 0 Å². The van der Waals surface area contributed by atoms with Crippen LogP contribution in [0.15, 0.2) is 0 Å². The molecule has 1 aliphatic heterocycles. The molecule has 1 N–H and O–H groups in total. The van der Waals surface area contributed by atoms with Gasteiger partial charge in [0.25, 0.3) is 0 Å². The fourth-order valence-electron chi connectivity index (χ4n) is 2.56. The number of rotatable bonds is 6. The SMILES string of the molecule is CCCNC(COC)C1CN(C)CCCN1C. The van der Waals surface area contributed by atoms with Gasteiger partial charge in [-0.05, 0) is 46.6 Å². The summed E-state index contributed by atoms with van der Waals surface area (Å²) in [5, 5.41) is 3.63. The van der Waals surface area contributed by atoms with Crippen molar-refractivity contribution in [3.05, 3.63) is 0 Å². The molecule has 102 valence electrons. The number of hydrogen-bond donors (Lipinski definition) is 1. The van der Waals surface area contributed by atoms with Crippen LogP contribution in [-0.2, 0) is 4.74 Å². The third kappa shape index (κ3) is 4.92. The fraction of sp³-hybridized carbons (Fsp3) is 1.00. The summed E-state index contributed by atoms with van der Waals surface area (Å²) in [6.07, 6.45) is 2.43. The van der Waals surface area contributed by atoms with Gasteiger partial charge in [-0.15, -0.1) is 0 Å². The van der Waals surface area contributed by atoms with Crippen LogP contribution in [0.1, 0.15) is 19.8 Å². The topological polar surface area (TPSA) is 27.7 Å². The molecule has 1 rings (SSSR count). The molecule has 17 heavy (non-hydrogen) atoms. The van der Waals surface area contributed by atoms with Gasteiger partial charge in [0, 0.05) is 25.7 Å². The standard InChI is InChI=1S/C13H29N3O/c1-5-7-14-12(11-17-4)13-10-15(2)8-6-9-16(13)3/h12-14H,5-11H2,1-4H3. The first-order valence-corrected chi connectivity index (χ1v) is 6.80. The first-order valence-electron chi connectivity index (χ1n) is 6.80. The molecule has 0 aliphatic carbocycles. The molecule has 4 nitrogen and oxygen atoms in total. The molecule has 2 unspecified atom stereocenters. The maximum atomic E-state index is 5.37. The number of nitrogens with zero attached hydrogens (tertiary/aromatic N) is 2. The van der Waals surface area contributed by atoms with Crippen LogP contribution < -0.4 is 5.32 Å². The molecule has 0 spiro atoms. The summed E-state index contributed by atoms with van der Waals surface area (Å²) < 4.78 is 5.37. The van der Waals surface area contributed by atoms with Gasteiger partial charge in [-0.25, -0.2) is 0 Å². The number of nitrogens with one attached hydrogen (secondary N) is 1. The van der Waals surface area contributed by atoms with Crippen molar-refractivity contribution < 1.29 is 4.74 Å². The van der Waals surface area contributed by atoms with E-state index in [9.17, 15) is 0 Å². The summed E-state index contributed by atoms with van der Waals surface area (Å²) in [4.78, 5) is 4.92. The first kappa shape index (κ1) is 14.9. The Morgan fingerprint density at radius 1 is 1.35 bits per heavy atom. The Morgan fingerprint density at radius 3 is 2.76 bits per heavy atom. The summed E-state index contributed by atoms with van der Waals surface area (Å²) in [7, 11) is 6.25. The van der Waals surface area contributed by atoms with Crippen molar-refractivity contribution >= 4 is 0 Å². The molecule has 0 saturated carbocycles. The van der Waals surface area contributed by atoms with E-state index in [1.807, 2.05) is 0 Å². The van der Waals surface area contributed by atoms with E-state index in [4.69, 9.17) is 4.74 Å². The largest absolute Gasteiger partial charge is 0.383 e. The van der Waals surface area contributed by atoms with E-state index >= 15 is 0 Å². The highest BCUT2D eigenvalue weighted by Gasteiger charge is 2.27. The van der Waals surface area contributed by atoms with Crippen molar-refractivity contribution in [2.24, 2.45) is 0 Å². The lowest BCUT2D eigenvalue weighted by atomic mass is 10.1. The highest BCUT2D eigenvalue weighted by atomic mass is 16.5. The van der Waals surface area contributed by atoms with Crippen LogP contribution in [0.2, 0.25) is 0 Å². The fourth-order valence-corrected chi connectivity index (χ4v) is 2.56. The van der Waals surface area contributed by atoms with Crippen LogP contribution in [0.25, 0.3) is 0 Å². The molecule has 2 atom stereocenters. The molecule has 1 heterocycles. The molecule has 4 heteroatoms. The van der Waals surface area contributed by atoms with E-state index in [0.717, 1.165) is 19.7 Å². The second kappa shape index (κ2) is 8.03. The number of likely N-dealkylation sites (N-methyl/N-ethyl adjacent to an activating group) is 2. The minimum absolute atomic E-state index is 0.436. The number of ether oxygens (including phenoxy) is 1. The van der Waals surface area contributed by atoms with E-state index in [-0.39, 0.29) is 0 Å². The zero-order chi connectivity index (χ0) is 12.7. The minimum atomic E-state index is 0.436. The zero-order valence-corrected chi connectivity index (χ0v) is 11.9. The molecular weight excluding hydrogens is 214 g/mol. The van der Waals surface area contributed by atoms with Crippen molar-refractivity contribution in [3.63, 3.8) is 0 Å². The Balaban J connectivity index is 2.60. The lowest BCUT2D eigenvalue weighted by Gasteiger charge is -2.34. The van der Waals surface area contributed by atoms with Crippen LogP contribution in [0.4, 0.5) is 0 Å². The second-order valence-corrected chi connectivity index (χ2v) is 5.18. The lowest BCUT2D eigenvalue weighted by molar-refractivity contribution is 0.102. The lowest BCUT2D eigenvalue weighted by Crippen LogP contribution is -2.54. The Labute approximate surface area is 106 Å². The third-order valence-electron chi connectivity index (χ3n) is 3.58. The number of hydrogen-bond acceptors (Lipinski definition) is 4. The summed E-state index contributed by atoms with van der Waals surface area (Å²) >= 11 is 0. The van der Waals surface area contributed by atoms with Gasteiger partial charge in [0.15, 0.2) is 0 Å². The maximum absolute atomic E-state index is 5.37. The highest BCUT2D eigenvalue weighted by molar-refractivity contribution is 4.87. The molecule has 0 bridgehead atoms. The normalized spacial score (nSPS) is 25.8. The summed E-state index contributed by atoms with van der Waals surface area (Å²) in [6, 6.07) is 0.986. The van der Waals surface area contributed by atoms with Gasteiger partial charge in [-0.1, -0.05) is 6.92 Å². The molecule has 0 radical (unpaired) electrons. The van der Waals surface area contributed by atoms with Crippen molar-refractivity contribution in [2.45, 2.75) is 31.8 Å². The van der Waals surface area contributed by atoms with E-state index in [0.29, 0.717) is 12.1 Å². The molecule has 0 aromatic carbocycles. The van der Waals surface area contributed by atoms with Gasteiger partial charge in [0.1, 0.15) is 0 Å². The van der Waals surface area contributed by atoms with Crippen molar-refractivity contribution in [3.8, 4) is 0 Å². The van der Waals surface area contributed by atoms with E-state index < -0.39 is 0 Å². The average molecular weight is 243 g/mol. The molecular formula is C13H29N3O. The molecule has 0 aromatic heterocycles. The Kier molecular flexibility index (Phi) is 7.04. The van der Waals surface area contributed by atoms with Crippen molar-refractivity contribution in [1.29, 1.82) is 0 Å². The van der Waals surface area contributed by atoms with Gasteiger partial charge in [-0.3, -0.25) is 0 Å². The van der Waals surface area contributed by atoms with Crippen molar-refractivity contribution in [2.75, 3.05) is 54.0 Å². The van der Waals surface area contributed by atoms with Gasteiger partial charge < -0.3 is 19.9 Å². The summed E-state index contributed by atoms with van der Waals surface area (Å²) in [6.45, 7) is 7.59. The van der Waals surface area contributed by atoms with Crippen LogP contribution in [-0.4, -0.2) is 75.9 Å². The van der Waals surface area contributed by atoms with E-state index in [1.165, 1.54) is 25.9 Å². The smallest absolute Gasteiger partial charge is 0.0631 e. The minimum Gasteiger partial charge on any atom is -0.383 e. The van der Waals surface area contributed by atoms with Crippen molar-refractivity contribution in [1.82, 2.24) is 15.1 Å². The molecule has 1 aliphatic rings. The molecule has 0 amide bonds. The Bertz CT molecular complexity index is 201. The van der Waals surface area contributed by atoms with E-state index in [1.54, 1.807) is 7.11 Å². The first-order chi connectivity index (χ1) is 8.19. The van der Waals surface area contributed by atoms with Crippen LogP contribution in [0, 0.1) is 0 Å². The van der Waals surface area contributed by atoms with Crippen LogP contribution in [0.3, 0.4) is 0 Å². The van der Waals surface area contributed by atoms with Crippen LogP contribution >= 0.6 is 0 Å². The maximum Gasteiger partial charge on any atom is 0.0631 e. The summed E-state index contributed by atoms with van der Waals surface area (Å²) in [5.41, 5.74) is 0. The molecule has 1 fully saturated rings.